The van der Waals surface area contributed by atoms with Crippen molar-refractivity contribution in [2.45, 2.75) is 32.2 Å². The van der Waals surface area contributed by atoms with E-state index in [1.807, 2.05) is 61.5 Å². The van der Waals surface area contributed by atoms with Crippen LogP contribution in [0, 0.1) is 23.7 Å². The van der Waals surface area contributed by atoms with Gasteiger partial charge in [0.2, 0.25) is 11.8 Å². The minimum absolute atomic E-state index is 0.0460. The highest BCUT2D eigenvalue weighted by atomic mass is 16.5. The van der Waals surface area contributed by atoms with Crippen LogP contribution in [0.2, 0.25) is 0 Å². The van der Waals surface area contributed by atoms with Gasteiger partial charge in [0.1, 0.15) is 6.04 Å². The summed E-state index contributed by atoms with van der Waals surface area (Å²) in [5, 5.41) is 2.70. The summed E-state index contributed by atoms with van der Waals surface area (Å²) in [6.45, 7) is 1.54. The number of carbonyl (C=O) groups is 4. The van der Waals surface area contributed by atoms with Crippen LogP contribution in [0.4, 0.5) is 5.69 Å². The number of fused-ring (bicyclic) bond motifs is 5. The fourth-order valence-electron chi connectivity index (χ4n) is 5.60. The van der Waals surface area contributed by atoms with Crippen molar-refractivity contribution >= 4 is 29.4 Å². The molecule has 2 fully saturated rings. The highest BCUT2D eigenvalue weighted by Crippen LogP contribution is 2.53. The molecule has 180 valence electrons. The van der Waals surface area contributed by atoms with Crippen molar-refractivity contribution in [3.63, 3.8) is 0 Å². The standard InChI is InChI=1S/C28H28N2O5/c1-2-17-8-12-21(13-9-17)29-23(31)16-35-28(34)22(14-18-6-4-3-5-7-18)30-26(32)24-19-10-11-20(15-19)25(24)27(30)33/h3-13,19-20,22,24-25H,2,14-16H2,1H3,(H,29,31)/t19-,20-,22+,24-,25+/m0/s1. The molecule has 2 aromatic rings. The van der Waals surface area contributed by atoms with E-state index in [0.29, 0.717) is 5.69 Å². The van der Waals surface area contributed by atoms with Crippen molar-refractivity contribution in [3.05, 3.63) is 77.9 Å². The lowest BCUT2D eigenvalue weighted by molar-refractivity contribution is -0.160. The van der Waals surface area contributed by atoms with Gasteiger partial charge >= 0.3 is 5.97 Å². The van der Waals surface area contributed by atoms with Gasteiger partial charge in [-0.3, -0.25) is 19.3 Å². The number of amides is 3. The molecule has 0 unspecified atom stereocenters. The van der Waals surface area contributed by atoms with Crippen LogP contribution in [-0.2, 0) is 36.8 Å². The molecule has 7 heteroatoms. The Morgan fingerprint density at radius 1 is 0.943 bits per heavy atom. The van der Waals surface area contributed by atoms with Crippen LogP contribution in [0.1, 0.15) is 24.5 Å². The van der Waals surface area contributed by atoms with Gasteiger partial charge in [-0.25, -0.2) is 4.79 Å². The van der Waals surface area contributed by atoms with Crippen molar-refractivity contribution in [2.75, 3.05) is 11.9 Å². The van der Waals surface area contributed by atoms with Crippen LogP contribution in [0.15, 0.2) is 66.7 Å². The first kappa shape index (κ1) is 23.0. The zero-order valence-electron chi connectivity index (χ0n) is 19.6. The molecule has 1 aliphatic heterocycles. The molecule has 5 rings (SSSR count). The second-order valence-electron chi connectivity index (χ2n) is 9.46. The van der Waals surface area contributed by atoms with Crippen molar-refractivity contribution in [3.8, 4) is 0 Å². The van der Waals surface area contributed by atoms with E-state index in [2.05, 4.69) is 5.32 Å². The van der Waals surface area contributed by atoms with Gasteiger partial charge in [0.05, 0.1) is 11.8 Å². The largest absolute Gasteiger partial charge is 0.454 e. The molecule has 5 atom stereocenters. The van der Waals surface area contributed by atoms with Crippen molar-refractivity contribution in [1.29, 1.82) is 0 Å². The molecule has 0 spiro atoms. The highest BCUT2D eigenvalue weighted by molar-refractivity contribution is 6.09. The van der Waals surface area contributed by atoms with Crippen LogP contribution in [0.25, 0.3) is 0 Å². The average Bonchev–Trinajstić information content (AvgIpc) is 3.56. The maximum Gasteiger partial charge on any atom is 0.330 e. The molecule has 0 aromatic heterocycles. The van der Waals surface area contributed by atoms with E-state index in [1.165, 1.54) is 0 Å². The number of rotatable bonds is 8. The molecule has 7 nitrogen and oxygen atoms in total. The van der Waals surface area contributed by atoms with E-state index in [9.17, 15) is 19.2 Å². The summed E-state index contributed by atoms with van der Waals surface area (Å²) >= 11 is 0. The number of hydrogen-bond donors (Lipinski definition) is 1. The van der Waals surface area contributed by atoms with E-state index in [0.717, 1.165) is 28.9 Å². The van der Waals surface area contributed by atoms with E-state index in [4.69, 9.17) is 4.74 Å². The molecule has 2 aromatic carbocycles. The Morgan fingerprint density at radius 2 is 1.57 bits per heavy atom. The molecule has 0 radical (unpaired) electrons. The smallest absolute Gasteiger partial charge is 0.330 e. The number of esters is 1. The first-order chi connectivity index (χ1) is 17.0. The minimum Gasteiger partial charge on any atom is -0.454 e. The van der Waals surface area contributed by atoms with E-state index in [-0.39, 0.29) is 30.1 Å². The molecule has 1 heterocycles. The zero-order valence-corrected chi connectivity index (χ0v) is 19.6. The Labute approximate surface area is 204 Å². The van der Waals surface area contributed by atoms with Crippen LogP contribution in [0.5, 0.6) is 0 Å². The molecule has 2 bridgehead atoms. The maximum absolute atomic E-state index is 13.3. The number of nitrogens with one attached hydrogen (secondary N) is 1. The monoisotopic (exact) mass is 472 g/mol. The van der Waals surface area contributed by atoms with Gasteiger partial charge < -0.3 is 10.1 Å². The lowest BCUT2D eigenvalue weighted by atomic mass is 9.85. The number of aryl methyl sites for hydroxylation is 1. The number of allylic oxidation sites excluding steroid dienone is 2. The molecule has 1 saturated carbocycles. The Morgan fingerprint density at radius 3 is 2.17 bits per heavy atom. The van der Waals surface area contributed by atoms with Gasteiger partial charge in [0.15, 0.2) is 6.61 Å². The van der Waals surface area contributed by atoms with E-state index >= 15 is 0 Å². The Kier molecular flexibility index (Phi) is 6.24. The number of carbonyl (C=O) groups excluding carboxylic acids is 4. The second-order valence-corrected chi connectivity index (χ2v) is 9.46. The van der Waals surface area contributed by atoms with Gasteiger partial charge in [-0.15, -0.1) is 0 Å². The zero-order chi connectivity index (χ0) is 24.5. The predicted molar refractivity (Wildman–Crippen MR) is 129 cm³/mol. The molecule has 35 heavy (non-hydrogen) atoms. The lowest BCUT2D eigenvalue weighted by Gasteiger charge is -2.26. The van der Waals surface area contributed by atoms with Gasteiger partial charge in [-0.1, -0.05) is 61.5 Å². The van der Waals surface area contributed by atoms with Crippen molar-refractivity contribution in [1.82, 2.24) is 4.90 Å². The predicted octanol–water partition coefficient (Wildman–Crippen LogP) is 3.15. The number of hydrogen-bond acceptors (Lipinski definition) is 5. The first-order valence-corrected chi connectivity index (χ1v) is 12.1. The molecule has 3 amide bonds. The summed E-state index contributed by atoms with van der Waals surface area (Å²) in [5.41, 5.74) is 2.55. The Balaban J connectivity index is 1.30. The first-order valence-electron chi connectivity index (χ1n) is 12.1. The number of nitrogens with zero attached hydrogens (tertiary/aromatic N) is 1. The normalized spacial score (nSPS) is 25.0. The SMILES string of the molecule is CCc1ccc(NC(=O)COC(=O)[C@@H](Cc2ccccc2)N2C(=O)[C@@H]3[C@H](C2=O)[C@H]2C=C[C@H]3C2)cc1. The van der Waals surface area contributed by atoms with Crippen LogP contribution in [-0.4, -0.2) is 41.2 Å². The third-order valence-electron chi connectivity index (χ3n) is 7.35. The summed E-state index contributed by atoms with van der Waals surface area (Å²) < 4.78 is 5.34. The van der Waals surface area contributed by atoms with Crippen LogP contribution >= 0.6 is 0 Å². The Hall–Kier alpha value is -3.74. The summed E-state index contributed by atoms with van der Waals surface area (Å²) in [6, 6.07) is 15.5. The second kappa shape index (κ2) is 9.49. The quantitative estimate of drug-likeness (QED) is 0.362. The van der Waals surface area contributed by atoms with E-state index in [1.54, 1.807) is 12.1 Å². The number of likely N-dealkylation sites (tertiary alicyclic amines) is 1. The van der Waals surface area contributed by atoms with Crippen LogP contribution < -0.4 is 5.32 Å². The van der Waals surface area contributed by atoms with Crippen molar-refractivity contribution in [2.24, 2.45) is 23.7 Å². The molecular weight excluding hydrogens is 444 g/mol. The summed E-state index contributed by atoms with van der Waals surface area (Å²) in [7, 11) is 0. The summed E-state index contributed by atoms with van der Waals surface area (Å²) in [4.78, 5) is 53.4. The van der Waals surface area contributed by atoms with Gasteiger partial charge in [-0.2, -0.15) is 0 Å². The van der Waals surface area contributed by atoms with Gasteiger partial charge in [0, 0.05) is 12.1 Å². The number of benzene rings is 2. The molecule has 1 saturated heterocycles. The summed E-state index contributed by atoms with van der Waals surface area (Å²) in [5.74, 6) is -2.58. The van der Waals surface area contributed by atoms with Crippen LogP contribution in [0.3, 0.4) is 0 Å². The van der Waals surface area contributed by atoms with Gasteiger partial charge in [-0.05, 0) is 47.9 Å². The third kappa shape index (κ3) is 4.38. The number of ether oxygens (including phenoxy) is 1. The Bertz CT molecular complexity index is 1140. The number of imide groups is 1. The topological polar surface area (TPSA) is 92.8 Å². The molecule has 2 aliphatic carbocycles. The highest BCUT2D eigenvalue weighted by Gasteiger charge is 2.61. The maximum atomic E-state index is 13.3. The third-order valence-corrected chi connectivity index (χ3v) is 7.35. The fraction of sp³-hybridized carbons (Fsp3) is 0.357. The minimum atomic E-state index is -1.11. The molecule has 1 N–H and O–H groups in total. The molecular formula is C28H28N2O5. The fourth-order valence-corrected chi connectivity index (χ4v) is 5.60. The number of anilines is 1. The summed E-state index contributed by atoms with van der Waals surface area (Å²) in [6.07, 6.45) is 5.87. The average molecular weight is 473 g/mol. The van der Waals surface area contributed by atoms with Crippen molar-refractivity contribution < 1.29 is 23.9 Å². The van der Waals surface area contributed by atoms with E-state index < -0.39 is 36.4 Å². The van der Waals surface area contributed by atoms with Gasteiger partial charge in [0.25, 0.3) is 5.91 Å². The lowest BCUT2D eigenvalue weighted by Crippen LogP contribution is -2.48. The molecule has 3 aliphatic rings.